The summed E-state index contributed by atoms with van der Waals surface area (Å²) in [6.07, 6.45) is -0.808. The first kappa shape index (κ1) is 24.8. The minimum atomic E-state index is -3.06. The molecule has 0 spiro atoms. The number of benzene rings is 1. The fraction of sp³-hybridized carbons (Fsp3) is 0.353. The summed E-state index contributed by atoms with van der Waals surface area (Å²) in [4.78, 5) is 4.86. The van der Waals surface area contributed by atoms with Gasteiger partial charge >= 0.3 is 6.61 Å². The zero-order valence-electron chi connectivity index (χ0n) is 14.8. The predicted octanol–water partition coefficient (Wildman–Crippen LogP) is 4.55. The average Bonchev–Trinajstić information content (AvgIpc) is 3.04. The molecule has 3 N–H and O–H groups in total. The van der Waals surface area contributed by atoms with Crippen molar-refractivity contribution in [1.29, 1.82) is 0 Å². The van der Waals surface area contributed by atoms with Crippen LogP contribution in [-0.2, 0) is 6.54 Å². The van der Waals surface area contributed by atoms with E-state index in [0.29, 0.717) is 21.7 Å². The molecule has 1 aromatic carbocycles. The maximum absolute atomic E-state index is 14.0. The van der Waals surface area contributed by atoms with Crippen LogP contribution in [0.15, 0.2) is 35.3 Å². The Bertz CT molecular complexity index is 780. The van der Waals surface area contributed by atoms with Crippen molar-refractivity contribution in [2.75, 3.05) is 13.1 Å². The van der Waals surface area contributed by atoms with Crippen LogP contribution in [0.25, 0.3) is 0 Å². The number of nitrogens with one attached hydrogen (secondary N) is 2. The molecule has 0 bridgehead atoms. The summed E-state index contributed by atoms with van der Waals surface area (Å²) in [6, 6.07) is 7.09. The van der Waals surface area contributed by atoms with Gasteiger partial charge in [-0.1, -0.05) is 17.7 Å². The normalized spacial score (nSPS) is 12.5. The molecule has 2 aromatic rings. The van der Waals surface area contributed by atoms with Crippen molar-refractivity contribution in [2.24, 2.45) is 4.99 Å². The van der Waals surface area contributed by atoms with Gasteiger partial charge < -0.3 is 20.5 Å². The van der Waals surface area contributed by atoms with Crippen molar-refractivity contribution in [1.82, 2.24) is 10.6 Å². The molecule has 28 heavy (non-hydrogen) atoms. The topological polar surface area (TPSA) is 65.9 Å². The van der Waals surface area contributed by atoms with Crippen LogP contribution < -0.4 is 15.4 Å². The number of alkyl halides is 2. The third kappa shape index (κ3) is 7.64. The van der Waals surface area contributed by atoms with Crippen molar-refractivity contribution in [3.8, 4) is 5.75 Å². The number of hydrogen-bond acceptors (Lipinski definition) is 4. The van der Waals surface area contributed by atoms with Gasteiger partial charge in [0.05, 0.1) is 16.4 Å². The molecule has 0 aliphatic carbocycles. The number of nitrogens with zero attached hydrogens (tertiary/aromatic N) is 1. The van der Waals surface area contributed by atoms with E-state index < -0.39 is 18.5 Å². The summed E-state index contributed by atoms with van der Waals surface area (Å²) < 4.78 is 43.9. The van der Waals surface area contributed by atoms with Crippen molar-refractivity contribution in [3.63, 3.8) is 0 Å². The Balaban J connectivity index is 0.00000392. The molecule has 0 saturated carbocycles. The molecule has 0 fully saturated rings. The Labute approximate surface area is 187 Å². The molecule has 156 valence electrons. The molecule has 0 saturated heterocycles. The second kappa shape index (κ2) is 12.3. The van der Waals surface area contributed by atoms with E-state index in [4.69, 9.17) is 11.6 Å². The van der Waals surface area contributed by atoms with E-state index >= 15 is 0 Å². The molecule has 2 rings (SSSR count). The molecular formula is C17H20ClF3IN3O2S. The molecule has 0 aliphatic rings. The maximum Gasteiger partial charge on any atom is 0.387 e. The van der Waals surface area contributed by atoms with E-state index in [1.807, 2.05) is 6.92 Å². The summed E-state index contributed by atoms with van der Waals surface area (Å²) in [5.41, 5.74) is -0.0828. The van der Waals surface area contributed by atoms with Gasteiger partial charge in [0.15, 0.2) is 5.96 Å². The molecular weight excluding hydrogens is 530 g/mol. The Kier molecular flexibility index (Phi) is 10.9. The van der Waals surface area contributed by atoms with Gasteiger partial charge in [-0.15, -0.1) is 35.3 Å². The number of aliphatic imine (C=N–C) groups is 1. The van der Waals surface area contributed by atoms with E-state index in [9.17, 15) is 18.3 Å². The van der Waals surface area contributed by atoms with E-state index in [0.717, 1.165) is 6.07 Å². The van der Waals surface area contributed by atoms with Gasteiger partial charge in [0.25, 0.3) is 0 Å². The number of halogens is 5. The van der Waals surface area contributed by atoms with Crippen molar-refractivity contribution < 1.29 is 23.0 Å². The number of hydrogen-bond donors (Lipinski definition) is 3. The average molecular weight is 550 g/mol. The Morgan fingerprint density at radius 1 is 1.29 bits per heavy atom. The molecule has 11 heteroatoms. The second-order valence-corrected chi connectivity index (χ2v) is 7.08. The lowest BCUT2D eigenvalue weighted by molar-refractivity contribution is -0.0506. The van der Waals surface area contributed by atoms with Crippen LogP contribution in [0.2, 0.25) is 4.34 Å². The van der Waals surface area contributed by atoms with Gasteiger partial charge in [-0.2, -0.15) is 8.78 Å². The SMILES string of the molecule is CCNC(=NCc1c(F)cccc1OC(F)F)NCC(O)c1ccc(Cl)s1.I. The standard InChI is InChI=1S/C17H19ClF3N3O2S.HI/c1-2-22-17(24-9-12(25)14-6-7-15(18)27-14)23-8-10-11(19)4-3-5-13(10)26-16(20)21;/h3-7,12,16,25H,2,8-9H2,1H3,(H2,22,23,24);1H. The highest BCUT2D eigenvalue weighted by atomic mass is 127. The lowest BCUT2D eigenvalue weighted by atomic mass is 10.2. The smallest absolute Gasteiger partial charge is 0.387 e. The first-order valence-electron chi connectivity index (χ1n) is 8.08. The lowest BCUT2D eigenvalue weighted by Crippen LogP contribution is -2.39. The molecule has 1 aromatic heterocycles. The predicted molar refractivity (Wildman–Crippen MR) is 116 cm³/mol. The van der Waals surface area contributed by atoms with Crippen LogP contribution in [0.4, 0.5) is 13.2 Å². The first-order valence-corrected chi connectivity index (χ1v) is 9.27. The van der Waals surface area contributed by atoms with Crippen molar-refractivity contribution in [3.05, 3.63) is 50.9 Å². The minimum absolute atomic E-state index is 0. The monoisotopic (exact) mass is 549 g/mol. The molecule has 0 aliphatic heterocycles. The van der Waals surface area contributed by atoms with Crippen LogP contribution in [0.3, 0.4) is 0 Å². The van der Waals surface area contributed by atoms with Gasteiger partial charge in [0.1, 0.15) is 17.7 Å². The first-order chi connectivity index (χ1) is 12.9. The van der Waals surface area contributed by atoms with Crippen LogP contribution in [0, 0.1) is 5.82 Å². The third-order valence-electron chi connectivity index (χ3n) is 3.42. The second-order valence-electron chi connectivity index (χ2n) is 5.33. The number of ether oxygens (including phenoxy) is 1. The zero-order valence-corrected chi connectivity index (χ0v) is 18.7. The highest BCUT2D eigenvalue weighted by molar-refractivity contribution is 14.0. The minimum Gasteiger partial charge on any atom is -0.434 e. The van der Waals surface area contributed by atoms with E-state index in [-0.39, 0.29) is 48.4 Å². The summed E-state index contributed by atoms with van der Waals surface area (Å²) in [7, 11) is 0. The number of guanidine groups is 1. The van der Waals surface area contributed by atoms with E-state index in [2.05, 4.69) is 20.4 Å². The molecule has 1 heterocycles. The largest absolute Gasteiger partial charge is 0.434 e. The van der Waals surface area contributed by atoms with Gasteiger partial charge in [-0.3, -0.25) is 0 Å². The highest BCUT2D eigenvalue weighted by Gasteiger charge is 2.14. The van der Waals surface area contributed by atoms with Gasteiger partial charge in [0, 0.05) is 18.0 Å². The fourth-order valence-electron chi connectivity index (χ4n) is 2.20. The summed E-state index contributed by atoms with van der Waals surface area (Å²) in [5.74, 6) is -0.663. The molecule has 0 amide bonds. The third-order valence-corrected chi connectivity index (χ3v) is 4.75. The van der Waals surface area contributed by atoms with E-state index in [1.54, 1.807) is 12.1 Å². The molecule has 5 nitrogen and oxygen atoms in total. The number of thiophene rings is 1. The van der Waals surface area contributed by atoms with Crippen molar-refractivity contribution >= 4 is 52.9 Å². The summed E-state index contributed by atoms with van der Waals surface area (Å²) in [6.45, 7) is -0.787. The van der Waals surface area contributed by atoms with Crippen LogP contribution >= 0.6 is 46.9 Å². The number of rotatable bonds is 8. The van der Waals surface area contributed by atoms with Gasteiger partial charge in [-0.05, 0) is 31.2 Å². The molecule has 0 radical (unpaired) electrons. The Morgan fingerprint density at radius 2 is 2.04 bits per heavy atom. The van der Waals surface area contributed by atoms with Crippen molar-refractivity contribution in [2.45, 2.75) is 26.2 Å². The number of aliphatic hydroxyl groups is 1. The van der Waals surface area contributed by atoms with E-state index in [1.165, 1.54) is 23.5 Å². The highest BCUT2D eigenvalue weighted by Crippen LogP contribution is 2.26. The Hall–Kier alpha value is -1.24. The quantitative estimate of drug-likeness (QED) is 0.257. The van der Waals surface area contributed by atoms with Crippen LogP contribution in [0.1, 0.15) is 23.5 Å². The molecule has 1 unspecified atom stereocenters. The maximum atomic E-state index is 14.0. The van der Waals surface area contributed by atoms with Crippen LogP contribution in [0.5, 0.6) is 5.75 Å². The summed E-state index contributed by atoms with van der Waals surface area (Å²) >= 11 is 7.11. The van der Waals surface area contributed by atoms with Gasteiger partial charge in [-0.25, -0.2) is 9.38 Å². The van der Waals surface area contributed by atoms with Gasteiger partial charge in [0.2, 0.25) is 0 Å². The fourth-order valence-corrected chi connectivity index (χ4v) is 3.25. The number of aliphatic hydroxyl groups excluding tert-OH is 1. The molecule has 1 atom stereocenters. The lowest BCUT2D eigenvalue weighted by Gasteiger charge is -2.15. The van der Waals surface area contributed by atoms with Crippen LogP contribution in [-0.4, -0.2) is 30.8 Å². The Morgan fingerprint density at radius 3 is 2.64 bits per heavy atom. The summed E-state index contributed by atoms with van der Waals surface area (Å²) in [5, 5.41) is 16.0. The zero-order chi connectivity index (χ0) is 19.8.